The van der Waals surface area contributed by atoms with Crippen LogP contribution in [-0.2, 0) is 0 Å². The Bertz CT molecular complexity index is 636. The van der Waals surface area contributed by atoms with Crippen molar-refractivity contribution in [3.63, 3.8) is 0 Å². The molecule has 0 saturated carbocycles. The Morgan fingerprint density at radius 3 is 3.05 bits per heavy atom. The Hall–Kier alpha value is -1.24. The van der Waals surface area contributed by atoms with E-state index in [0.717, 1.165) is 29.2 Å². The lowest BCUT2D eigenvalue weighted by atomic mass is 10.0. The van der Waals surface area contributed by atoms with E-state index in [1.165, 1.54) is 11.3 Å². The van der Waals surface area contributed by atoms with Gasteiger partial charge in [0.1, 0.15) is 9.88 Å². The fourth-order valence-corrected chi connectivity index (χ4v) is 4.51. The molecule has 3 rings (SSSR count). The van der Waals surface area contributed by atoms with Gasteiger partial charge >= 0.3 is 0 Å². The van der Waals surface area contributed by atoms with E-state index in [2.05, 4.69) is 11.9 Å². The first kappa shape index (κ1) is 14.7. The zero-order valence-corrected chi connectivity index (χ0v) is 13.7. The number of carbonyl (C=O) groups is 1. The summed E-state index contributed by atoms with van der Waals surface area (Å²) in [5.74, 6) is 0.360. The van der Waals surface area contributed by atoms with Crippen LogP contribution in [-0.4, -0.2) is 40.1 Å². The van der Waals surface area contributed by atoms with E-state index in [1.54, 1.807) is 11.3 Å². The number of thiazole rings is 1. The van der Waals surface area contributed by atoms with Crippen molar-refractivity contribution in [3.05, 3.63) is 27.4 Å². The number of aliphatic hydroxyl groups excluding tert-OH is 1. The van der Waals surface area contributed by atoms with E-state index in [-0.39, 0.29) is 18.6 Å². The predicted molar refractivity (Wildman–Crippen MR) is 85.9 cm³/mol. The Morgan fingerprint density at radius 2 is 2.38 bits per heavy atom. The number of rotatable bonds is 3. The third-order valence-corrected chi connectivity index (χ3v) is 5.97. The van der Waals surface area contributed by atoms with Crippen LogP contribution in [0.5, 0.6) is 0 Å². The molecule has 2 atom stereocenters. The molecule has 6 heteroatoms. The topological polar surface area (TPSA) is 53.4 Å². The average molecular weight is 322 g/mol. The summed E-state index contributed by atoms with van der Waals surface area (Å²) in [5.41, 5.74) is 1.85. The number of amides is 1. The highest BCUT2D eigenvalue weighted by molar-refractivity contribution is 7.17. The minimum absolute atomic E-state index is 0.00915. The number of thiophene rings is 1. The summed E-state index contributed by atoms with van der Waals surface area (Å²) in [4.78, 5) is 19.8. The molecule has 2 aromatic heterocycles. The molecule has 0 spiro atoms. The smallest absolute Gasteiger partial charge is 0.266 e. The summed E-state index contributed by atoms with van der Waals surface area (Å²) in [6.07, 6.45) is 0.951. The summed E-state index contributed by atoms with van der Waals surface area (Å²) in [6, 6.07) is 1.95. The number of aliphatic hydroxyl groups is 1. The van der Waals surface area contributed by atoms with Gasteiger partial charge in [-0.05, 0) is 30.7 Å². The van der Waals surface area contributed by atoms with Gasteiger partial charge in [-0.1, -0.05) is 6.92 Å². The molecule has 2 unspecified atom stereocenters. The molecule has 1 aliphatic heterocycles. The van der Waals surface area contributed by atoms with Crippen LogP contribution >= 0.6 is 22.7 Å². The molecule has 112 valence electrons. The maximum absolute atomic E-state index is 12.8. The second kappa shape index (κ2) is 5.87. The van der Waals surface area contributed by atoms with Gasteiger partial charge in [-0.25, -0.2) is 4.98 Å². The Labute approximate surface area is 132 Å². The second-order valence-electron chi connectivity index (χ2n) is 5.46. The van der Waals surface area contributed by atoms with Gasteiger partial charge in [0.15, 0.2) is 0 Å². The average Bonchev–Trinajstić information content (AvgIpc) is 3.16. The van der Waals surface area contributed by atoms with Crippen molar-refractivity contribution in [3.8, 4) is 10.6 Å². The standard InChI is InChI=1S/C15H18N2O2S2/c1-9-3-5-17(12(9)7-18)15(19)13-10(2)16-14(21-13)11-4-6-20-8-11/h4,6,8-9,12,18H,3,5,7H2,1-2H3. The van der Waals surface area contributed by atoms with E-state index in [0.29, 0.717) is 10.8 Å². The van der Waals surface area contributed by atoms with Gasteiger partial charge in [0.25, 0.3) is 5.91 Å². The first-order valence-corrected chi connectivity index (χ1v) is 8.79. The zero-order valence-electron chi connectivity index (χ0n) is 12.1. The number of aromatic nitrogens is 1. The van der Waals surface area contributed by atoms with E-state index < -0.39 is 0 Å². The quantitative estimate of drug-likeness (QED) is 0.945. The van der Waals surface area contributed by atoms with E-state index in [4.69, 9.17) is 0 Å². The van der Waals surface area contributed by atoms with Crippen molar-refractivity contribution in [1.82, 2.24) is 9.88 Å². The normalized spacial score (nSPS) is 22.0. The van der Waals surface area contributed by atoms with Crippen LogP contribution in [0, 0.1) is 12.8 Å². The van der Waals surface area contributed by atoms with Crippen LogP contribution in [0.2, 0.25) is 0 Å². The molecule has 21 heavy (non-hydrogen) atoms. The molecule has 1 aliphatic rings. The monoisotopic (exact) mass is 322 g/mol. The number of hydrogen-bond donors (Lipinski definition) is 1. The van der Waals surface area contributed by atoms with Gasteiger partial charge in [-0.2, -0.15) is 11.3 Å². The van der Waals surface area contributed by atoms with Crippen molar-refractivity contribution in [2.75, 3.05) is 13.2 Å². The zero-order chi connectivity index (χ0) is 15.0. The molecule has 1 N–H and O–H groups in total. The lowest BCUT2D eigenvalue weighted by Crippen LogP contribution is -2.39. The minimum Gasteiger partial charge on any atom is -0.394 e. The molecule has 0 aromatic carbocycles. The Balaban J connectivity index is 1.88. The summed E-state index contributed by atoms with van der Waals surface area (Å²) in [6.45, 7) is 4.72. The van der Waals surface area contributed by atoms with Gasteiger partial charge in [0.05, 0.1) is 18.3 Å². The van der Waals surface area contributed by atoms with Gasteiger partial charge in [-0.15, -0.1) is 11.3 Å². The number of hydrogen-bond acceptors (Lipinski definition) is 5. The van der Waals surface area contributed by atoms with Crippen molar-refractivity contribution >= 4 is 28.6 Å². The van der Waals surface area contributed by atoms with Crippen molar-refractivity contribution in [2.24, 2.45) is 5.92 Å². The number of likely N-dealkylation sites (tertiary alicyclic amines) is 1. The van der Waals surface area contributed by atoms with Crippen LogP contribution in [0.3, 0.4) is 0 Å². The molecule has 1 saturated heterocycles. The third-order valence-electron chi connectivity index (χ3n) is 4.09. The van der Waals surface area contributed by atoms with Crippen LogP contribution in [0.25, 0.3) is 10.6 Å². The lowest BCUT2D eigenvalue weighted by molar-refractivity contribution is 0.0652. The molecular formula is C15H18N2O2S2. The molecule has 0 aliphatic carbocycles. The van der Waals surface area contributed by atoms with Crippen molar-refractivity contribution in [2.45, 2.75) is 26.3 Å². The van der Waals surface area contributed by atoms with Crippen molar-refractivity contribution in [1.29, 1.82) is 0 Å². The molecule has 1 amide bonds. The van der Waals surface area contributed by atoms with Gasteiger partial charge in [0, 0.05) is 17.5 Å². The van der Waals surface area contributed by atoms with E-state index in [9.17, 15) is 9.90 Å². The van der Waals surface area contributed by atoms with Crippen LogP contribution in [0.4, 0.5) is 0 Å². The number of carbonyl (C=O) groups excluding carboxylic acids is 1. The minimum atomic E-state index is -0.0661. The Kier molecular flexibility index (Phi) is 4.10. The molecule has 1 fully saturated rings. The van der Waals surface area contributed by atoms with E-state index >= 15 is 0 Å². The van der Waals surface area contributed by atoms with Crippen LogP contribution in [0.1, 0.15) is 28.7 Å². The van der Waals surface area contributed by atoms with Crippen LogP contribution in [0.15, 0.2) is 16.8 Å². The first-order valence-electron chi connectivity index (χ1n) is 7.03. The molecule has 0 bridgehead atoms. The third kappa shape index (κ3) is 2.63. The van der Waals surface area contributed by atoms with Gasteiger partial charge < -0.3 is 10.0 Å². The summed E-state index contributed by atoms with van der Waals surface area (Å²) in [5, 5.41) is 14.5. The molecule has 3 heterocycles. The fraction of sp³-hybridized carbons (Fsp3) is 0.467. The van der Waals surface area contributed by atoms with E-state index in [1.807, 2.05) is 28.7 Å². The highest BCUT2D eigenvalue weighted by Crippen LogP contribution is 2.32. The fourth-order valence-electron chi connectivity index (χ4n) is 2.77. The largest absolute Gasteiger partial charge is 0.394 e. The van der Waals surface area contributed by atoms with Gasteiger partial charge in [0.2, 0.25) is 0 Å². The first-order chi connectivity index (χ1) is 10.1. The Morgan fingerprint density at radius 1 is 1.57 bits per heavy atom. The van der Waals surface area contributed by atoms with Crippen molar-refractivity contribution < 1.29 is 9.90 Å². The summed E-state index contributed by atoms with van der Waals surface area (Å²) >= 11 is 3.07. The van der Waals surface area contributed by atoms with Gasteiger partial charge in [-0.3, -0.25) is 4.79 Å². The molecule has 0 radical (unpaired) electrons. The number of aryl methyl sites for hydroxylation is 1. The predicted octanol–water partition coefficient (Wildman–Crippen LogP) is 3.02. The summed E-state index contributed by atoms with van der Waals surface area (Å²) in [7, 11) is 0. The van der Waals surface area contributed by atoms with Crippen LogP contribution < -0.4 is 0 Å². The lowest BCUT2D eigenvalue weighted by Gasteiger charge is -2.24. The maximum atomic E-state index is 12.8. The SMILES string of the molecule is Cc1nc(-c2ccsc2)sc1C(=O)N1CCC(C)C1CO. The molecule has 4 nitrogen and oxygen atoms in total. The number of nitrogens with zero attached hydrogens (tertiary/aromatic N) is 2. The molecular weight excluding hydrogens is 304 g/mol. The second-order valence-corrected chi connectivity index (χ2v) is 7.24. The molecule has 2 aromatic rings. The highest BCUT2D eigenvalue weighted by atomic mass is 32.1. The maximum Gasteiger partial charge on any atom is 0.266 e. The summed E-state index contributed by atoms with van der Waals surface area (Å²) < 4.78 is 0. The highest BCUT2D eigenvalue weighted by Gasteiger charge is 2.35.